The lowest BCUT2D eigenvalue weighted by atomic mass is 10.1. The summed E-state index contributed by atoms with van der Waals surface area (Å²) in [5.74, 6) is 0.256. The quantitative estimate of drug-likeness (QED) is 0.742. The predicted octanol–water partition coefficient (Wildman–Crippen LogP) is 2.63. The van der Waals surface area contributed by atoms with E-state index in [9.17, 15) is 5.11 Å². The van der Waals surface area contributed by atoms with Crippen molar-refractivity contribution in [2.75, 3.05) is 0 Å². The molecule has 2 nitrogen and oxygen atoms in total. The molecule has 0 aliphatic heterocycles. The van der Waals surface area contributed by atoms with Crippen LogP contribution in [-0.4, -0.2) is 10.1 Å². The van der Waals surface area contributed by atoms with Crippen molar-refractivity contribution in [3.05, 3.63) is 42.4 Å². The molecule has 14 heavy (non-hydrogen) atoms. The monoisotopic (exact) mass is 186 g/mol. The molecule has 0 aliphatic rings. The number of hydrogen-bond donors (Lipinski definition) is 1. The van der Waals surface area contributed by atoms with E-state index >= 15 is 0 Å². The van der Waals surface area contributed by atoms with Crippen LogP contribution >= 0.6 is 0 Å². The number of phenols is 1. The van der Waals surface area contributed by atoms with Crippen molar-refractivity contribution in [2.24, 2.45) is 0 Å². The number of fused-ring (bicyclic) bond motifs is 1. The van der Waals surface area contributed by atoms with Crippen molar-refractivity contribution in [1.29, 1.82) is 0 Å². The Morgan fingerprint density at radius 3 is 2.86 bits per heavy atom. The van der Waals surface area contributed by atoms with E-state index in [0.717, 1.165) is 28.6 Å². The van der Waals surface area contributed by atoms with Crippen LogP contribution in [0.15, 0.2) is 24.3 Å². The van der Waals surface area contributed by atoms with Gasteiger partial charge in [0.15, 0.2) is 0 Å². The van der Waals surface area contributed by atoms with Gasteiger partial charge in [0.2, 0.25) is 0 Å². The van der Waals surface area contributed by atoms with Crippen LogP contribution < -0.4 is 0 Å². The second-order valence-electron chi connectivity index (χ2n) is 3.36. The highest BCUT2D eigenvalue weighted by Crippen LogP contribution is 2.20. The third-order valence-corrected chi connectivity index (χ3v) is 2.37. The molecule has 1 N–H and O–H groups in total. The molecule has 0 unspecified atom stereocenters. The van der Waals surface area contributed by atoms with E-state index in [1.165, 1.54) is 0 Å². The molecule has 1 radical (unpaired) electrons. The van der Waals surface area contributed by atoms with Gasteiger partial charge in [-0.05, 0) is 44.0 Å². The number of aryl methyl sites for hydroxylation is 1. The summed E-state index contributed by atoms with van der Waals surface area (Å²) in [5, 5.41) is 10.3. The zero-order valence-electron chi connectivity index (χ0n) is 8.12. The van der Waals surface area contributed by atoms with Gasteiger partial charge >= 0.3 is 0 Å². The molecule has 2 aromatic rings. The summed E-state index contributed by atoms with van der Waals surface area (Å²) in [6.07, 6.45) is 0.746. The fraction of sp³-hybridized carbons (Fsp3) is 0.167. The normalized spacial score (nSPS) is 10.7. The Hall–Kier alpha value is -1.57. The third-order valence-electron chi connectivity index (χ3n) is 2.37. The Morgan fingerprint density at radius 1 is 1.36 bits per heavy atom. The van der Waals surface area contributed by atoms with Crippen LogP contribution in [0.2, 0.25) is 0 Å². The molecule has 0 saturated carbocycles. The van der Waals surface area contributed by atoms with Crippen molar-refractivity contribution < 1.29 is 5.11 Å². The summed E-state index contributed by atoms with van der Waals surface area (Å²) < 4.78 is 0. The van der Waals surface area contributed by atoms with Gasteiger partial charge in [0.05, 0.1) is 5.52 Å². The molecule has 1 aromatic carbocycles. The maximum Gasteiger partial charge on any atom is 0.117 e. The van der Waals surface area contributed by atoms with Gasteiger partial charge in [0, 0.05) is 17.1 Å². The molecule has 0 fully saturated rings. The lowest BCUT2D eigenvalue weighted by Gasteiger charge is -2.05. The number of aromatic nitrogens is 1. The van der Waals surface area contributed by atoms with Crippen molar-refractivity contribution in [1.82, 2.24) is 4.98 Å². The maximum absolute atomic E-state index is 9.30. The highest BCUT2D eigenvalue weighted by molar-refractivity contribution is 5.80. The number of phenolic OH excluding ortho intramolecular Hbond substituents is 1. The first-order valence-electron chi connectivity index (χ1n) is 4.59. The molecular weight excluding hydrogens is 174 g/mol. The van der Waals surface area contributed by atoms with Crippen molar-refractivity contribution >= 4 is 10.9 Å². The smallest absolute Gasteiger partial charge is 0.117 e. The molecule has 0 atom stereocenters. The Balaban J connectivity index is 2.73. The van der Waals surface area contributed by atoms with Gasteiger partial charge in [-0.3, -0.25) is 4.98 Å². The van der Waals surface area contributed by atoms with E-state index in [1.54, 1.807) is 12.1 Å². The fourth-order valence-electron chi connectivity index (χ4n) is 1.55. The number of hydrogen-bond acceptors (Lipinski definition) is 2. The molecule has 0 aliphatic carbocycles. The van der Waals surface area contributed by atoms with Crippen LogP contribution in [0.5, 0.6) is 5.75 Å². The van der Waals surface area contributed by atoms with E-state index in [-0.39, 0.29) is 5.75 Å². The van der Waals surface area contributed by atoms with Crippen molar-refractivity contribution in [3.63, 3.8) is 0 Å². The van der Waals surface area contributed by atoms with Gasteiger partial charge in [0.1, 0.15) is 5.75 Å². The SMILES string of the molecule is [CH2]Cc1cc2ccc(O)cc2nc1C. The minimum atomic E-state index is 0.256. The second-order valence-corrected chi connectivity index (χ2v) is 3.36. The van der Waals surface area contributed by atoms with Crippen LogP contribution in [0.1, 0.15) is 11.3 Å². The number of nitrogens with zero attached hydrogens (tertiary/aromatic N) is 1. The molecule has 1 heterocycles. The highest BCUT2D eigenvalue weighted by atomic mass is 16.3. The van der Waals surface area contributed by atoms with E-state index in [0.29, 0.717) is 0 Å². The third kappa shape index (κ3) is 1.43. The number of pyridine rings is 1. The topological polar surface area (TPSA) is 33.1 Å². The van der Waals surface area contributed by atoms with Crippen molar-refractivity contribution in [2.45, 2.75) is 13.3 Å². The molecule has 2 rings (SSSR count). The first-order chi connectivity index (χ1) is 6.70. The Bertz CT molecular complexity index is 477. The number of benzene rings is 1. The molecule has 1 aromatic heterocycles. The highest BCUT2D eigenvalue weighted by Gasteiger charge is 2.01. The van der Waals surface area contributed by atoms with E-state index in [2.05, 4.69) is 18.0 Å². The van der Waals surface area contributed by atoms with Gasteiger partial charge < -0.3 is 5.11 Å². The van der Waals surface area contributed by atoms with Gasteiger partial charge in [-0.1, -0.05) is 0 Å². The lowest BCUT2D eigenvalue weighted by Crippen LogP contribution is -1.91. The largest absolute Gasteiger partial charge is 0.508 e. The van der Waals surface area contributed by atoms with Gasteiger partial charge in [-0.2, -0.15) is 0 Å². The zero-order valence-corrected chi connectivity index (χ0v) is 8.12. The number of rotatable bonds is 1. The molecule has 71 valence electrons. The average molecular weight is 186 g/mol. The van der Waals surface area contributed by atoms with E-state index < -0.39 is 0 Å². The number of aromatic hydroxyl groups is 1. The first-order valence-corrected chi connectivity index (χ1v) is 4.59. The van der Waals surface area contributed by atoms with Crippen LogP contribution in [0.3, 0.4) is 0 Å². The van der Waals surface area contributed by atoms with Crippen LogP contribution in [-0.2, 0) is 6.42 Å². The van der Waals surface area contributed by atoms with Gasteiger partial charge in [-0.25, -0.2) is 0 Å². The summed E-state index contributed by atoms with van der Waals surface area (Å²) in [4.78, 5) is 4.41. The predicted molar refractivity (Wildman–Crippen MR) is 57.2 cm³/mol. The molecule has 0 saturated heterocycles. The Morgan fingerprint density at radius 2 is 2.14 bits per heavy atom. The van der Waals surface area contributed by atoms with Crippen LogP contribution in [0.4, 0.5) is 0 Å². The molecular formula is C12H12NO. The fourth-order valence-corrected chi connectivity index (χ4v) is 1.55. The lowest BCUT2D eigenvalue weighted by molar-refractivity contribution is 0.476. The van der Waals surface area contributed by atoms with Gasteiger partial charge in [0.25, 0.3) is 0 Å². The van der Waals surface area contributed by atoms with Crippen molar-refractivity contribution in [3.8, 4) is 5.75 Å². The second kappa shape index (κ2) is 3.29. The minimum Gasteiger partial charge on any atom is -0.508 e. The van der Waals surface area contributed by atoms with E-state index in [1.807, 2.05) is 13.0 Å². The minimum absolute atomic E-state index is 0.256. The molecule has 0 spiro atoms. The Labute approximate surface area is 83.2 Å². The Kier molecular flexibility index (Phi) is 2.12. The summed E-state index contributed by atoms with van der Waals surface area (Å²) >= 11 is 0. The van der Waals surface area contributed by atoms with Crippen LogP contribution in [0, 0.1) is 13.8 Å². The molecule has 2 heteroatoms. The van der Waals surface area contributed by atoms with E-state index in [4.69, 9.17) is 0 Å². The summed E-state index contributed by atoms with van der Waals surface area (Å²) in [7, 11) is 0. The molecule has 0 bridgehead atoms. The summed E-state index contributed by atoms with van der Waals surface area (Å²) in [6, 6.07) is 7.29. The standard InChI is InChI=1S/C12H12NO/c1-3-9-6-10-4-5-11(14)7-12(10)13-8(9)2/h4-7,14H,1,3H2,2H3. The summed E-state index contributed by atoms with van der Waals surface area (Å²) in [5.41, 5.74) is 2.97. The first kappa shape index (κ1) is 9.00. The zero-order chi connectivity index (χ0) is 10.1. The molecule has 0 amide bonds. The van der Waals surface area contributed by atoms with Gasteiger partial charge in [-0.15, -0.1) is 0 Å². The van der Waals surface area contributed by atoms with Crippen LogP contribution in [0.25, 0.3) is 10.9 Å². The summed E-state index contributed by atoms with van der Waals surface area (Å²) in [6.45, 7) is 5.81. The average Bonchev–Trinajstić information content (AvgIpc) is 2.16. The maximum atomic E-state index is 9.30.